The van der Waals surface area contributed by atoms with Crippen molar-refractivity contribution < 1.29 is 54.1 Å². The van der Waals surface area contributed by atoms with Gasteiger partial charge in [-0.2, -0.15) is 0 Å². The van der Waals surface area contributed by atoms with Crippen molar-refractivity contribution >= 4 is 11.7 Å². The molecule has 0 bridgehead atoms. The van der Waals surface area contributed by atoms with E-state index in [0.29, 0.717) is 12.0 Å². The van der Waals surface area contributed by atoms with Crippen molar-refractivity contribution in [1.29, 1.82) is 0 Å². The molecule has 0 atom stereocenters. The topological polar surface area (TPSA) is 62.7 Å². The monoisotopic (exact) mass is 690 g/mol. The first kappa shape index (κ1) is 35.3. The molecule has 1 aromatic heterocycles. The molecule has 49 heavy (non-hydrogen) atoms. The van der Waals surface area contributed by atoms with Crippen LogP contribution in [-0.4, -0.2) is 42.4 Å². The van der Waals surface area contributed by atoms with E-state index in [0.717, 1.165) is 29.8 Å². The molecule has 0 saturated carbocycles. The van der Waals surface area contributed by atoms with Gasteiger partial charge in [0.1, 0.15) is 17.4 Å². The molecule has 1 aliphatic rings. The fourth-order valence-electron chi connectivity index (χ4n) is 4.67. The molecule has 0 N–H and O–H groups in total. The fourth-order valence-corrected chi connectivity index (χ4v) is 4.67. The molecule has 0 radical (unpaired) electrons. The zero-order valence-electron chi connectivity index (χ0n) is 25.8. The first-order valence-electron chi connectivity index (χ1n) is 14.7. The highest BCUT2D eigenvalue weighted by Crippen LogP contribution is 2.35. The molecule has 1 fully saturated rings. The smallest absolute Gasteiger partial charge is 0.492 e. The van der Waals surface area contributed by atoms with Crippen LogP contribution in [0.15, 0.2) is 60.9 Å². The lowest BCUT2D eigenvalue weighted by atomic mass is 9.98. The number of rotatable bonds is 8. The molecule has 0 spiro atoms. The number of benzene rings is 3. The van der Waals surface area contributed by atoms with Gasteiger partial charge in [0, 0.05) is 35.5 Å². The zero-order valence-corrected chi connectivity index (χ0v) is 25.8. The van der Waals surface area contributed by atoms with Crippen LogP contribution in [0.2, 0.25) is 0 Å². The van der Waals surface area contributed by atoms with E-state index in [1.807, 2.05) is 0 Å². The Morgan fingerprint density at radius 2 is 1.51 bits per heavy atom. The molecule has 14 heteroatoms. The molecule has 2 heterocycles. The Labute approximate surface area is 275 Å². The maximum atomic E-state index is 15.1. The lowest BCUT2D eigenvalue weighted by molar-refractivity contribution is -0.275. The second-order valence-electron chi connectivity index (χ2n) is 10.8. The largest absolute Gasteiger partial charge is 0.573 e. The Hall–Kier alpha value is -5.00. The van der Waals surface area contributed by atoms with Gasteiger partial charge >= 0.3 is 6.36 Å². The average molecular weight is 691 g/mol. The summed E-state index contributed by atoms with van der Waals surface area (Å²) in [5, 5.41) is 0. The minimum Gasteiger partial charge on any atom is -0.492 e. The van der Waals surface area contributed by atoms with E-state index < -0.39 is 53.1 Å². The quantitative estimate of drug-likeness (QED) is 0.105. The lowest BCUT2D eigenvalue weighted by Gasteiger charge is -2.27. The zero-order chi connectivity index (χ0) is 35.3. The van der Waals surface area contributed by atoms with Crippen molar-refractivity contribution in [2.45, 2.75) is 38.8 Å². The van der Waals surface area contributed by atoms with Gasteiger partial charge in [-0.05, 0) is 48.6 Å². The van der Waals surface area contributed by atoms with Crippen molar-refractivity contribution in [2.24, 2.45) is 0 Å². The maximum Gasteiger partial charge on any atom is 0.573 e. The van der Waals surface area contributed by atoms with E-state index in [1.54, 1.807) is 13.8 Å². The molecule has 0 aliphatic carbocycles. The third-order valence-corrected chi connectivity index (χ3v) is 7.07. The van der Waals surface area contributed by atoms with Crippen LogP contribution in [0, 0.1) is 36.2 Å². The van der Waals surface area contributed by atoms with Crippen molar-refractivity contribution in [3.05, 3.63) is 106 Å². The normalized spacial score (nSPS) is 16.8. The molecule has 1 aliphatic heterocycles. The van der Waals surface area contributed by atoms with Crippen molar-refractivity contribution in [3.63, 3.8) is 0 Å². The van der Waals surface area contributed by atoms with Gasteiger partial charge in [0.2, 0.25) is 6.29 Å². The van der Waals surface area contributed by atoms with E-state index in [1.165, 1.54) is 36.7 Å². The molecule has 1 saturated heterocycles. The maximum absolute atomic E-state index is 15.1. The van der Waals surface area contributed by atoms with Crippen LogP contribution in [0.4, 0.5) is 35.1 Å². The van der Waals surface area contributed by atoms with Crippen molar-refractivity contribution in [1.82, 2.24) is 9.97 Å². The summed E-state index contributed by atoms with van der Waals surface area (Å²) in [6.07, 6.45) is -2.77. The number of nitrogens with zero attached hydrogens (tertiary/aromatic N) is 2. The second-order valence-corrected chi connectivity index (χ2v) is 10.8. The number of aryl methyl sites for hydroxylation is 1. The summed E-state index contributed by atoms with van der Waals surface area (Å²) < 4.78 is 132. The first-order valence-corrected chi connectivity index (χ1v) is 14.7. The van der Waals surface area contributed by atoms with Crippen LogP contribution in [0.5, 0.6) is 11.5 Å². The Morgan fingerprint density at radius 1 is 0.878 bits per heavy atom. The predicted octanol–water partition coefficient (Wildman–Crippen LogP) is 8.83. The highest BCUT2D eigenvalue weighted by Gasteiger charge is 2.33. The number of alkyl halides is 3. The van der Waals surface area contributed by atoms with Gasteiger partial charge in [-0.1, -0.05) is 37.1 Å². The Morgan fingerprint density at radius 3 is 2.10 bits per heavy atom. The summed E-state index contributed by atoms with van der Waals surface area (Å²) in [5.74, 6) is -3.49. The van der Waals surface area contributed by atoms with E-state index in [4.69, 9.17) is 14.2 Å². The van der Waals surface area contributed by atoms with Crippen LogP contribution in [0.3, 0.4) is 0 Å². The minimum absolute atomic E-state index is 0.0131. The Bertz CT molecular complexity index is 1870. The van der Waals surface area contributed by atoms with E-state index in [9.17, 15) is 26.3 Å². The number of hydrogen-bond acceptors (Lipinski definition) is 6. The SMILES string of the molecule is CCCOc1cc(OC(F)(F)F)c(F)cc1C#CC1OCC(c2ccc(/C(F)=C(\F)c3c(F)cc(-c4ncc(C)cn4)cc3F)cc2)CO1. The van der Waals surface area contributed by atoms with Gasteiger partial charge in [-0.15, -0.1) is 13.2 Å². The van der Waals surface area contributed by atoms with Gasteiger partial charge < -0.3 is 18.9 Å². The number of ether oxygens (including phenoxy) is 4. The first-order chi connectivity index (χ1) is 23.3. The number of hydrogen-bond donors (Lipinski definition) is 0. The number of aromatic nitrogens is 2. The number of halogens is 8. The van der Waals surface area contributed by atoms with Gasteiger partial charge in [0.15, 0.2) is 29.0 Å². The van der Waals surface area contributed by atoms with Crippen molar-refractivity contribution in [2.75, 3.05) is 19.8 Å². The summed E-state index contributed by atoms with van der Waals surface area (Å²) in [6.45, 7) is 3.77. The molecule has 6 nitrogen and oxygen atoms in total. The summed E-state index contributed by atoms with van der Waals surface area (Å²) in [5.41, 5.74) is -0.206. The minimum atomic E-state index is -5.11. The molecule has 0 unspecified atom stereocenters. The van der Waals surface area contributed by atoms with E-state index >= 15 is 8.78 Å². The Balaban J connectivity index is 1.25. The molecule has 4 aromatic rings. The van der Waals surface area contributed by atoms with Crippen LogP contribution in [0.25, 0.3) is 23.0 Å². The van der Waals surface area contributed by atoms with Crippen LogP contribution in [0.1, 0.15) is 47.1 Å². The molecule has 256 valence electrons. The Kier molecular flexibility index (Phi) is 10.8. The second kappa shape index (κ2) is 15.0. The van der Waals surface area contributed by atoms with Crippen LogP contribution in [-0.2, 0) is 9.47 Å². The lowest BCUT2D eigenvalue weighted by Crippen LogP contribution is -2.29. The third kappa shape index (κ3) is 8.73. The van der Waals surface area contributed by atoms with E-state index in [-0.39, 0.29) is 54.0 Å². The summed E-state index contributed by atoms with van der Waals surface area (Å²) >= 11 is 0. The van der Waals surface area contributed by atoms with Gasteiger partial charge in [-0.3, -0.25) is 0 Å². The summed E-state index contributed by atoms with van der Waals surface area (Å²) in [7, 11) is 0. The van der Waals surface area contributed by atoms with Gasteiger partial charge in [0.25, 0.3) is 0 Å². The van der Waals surface area contributed by atoms with Crippen molar-refractivity contribution in [3.8, 4) is 34.7 Å². The van der Waals surface area contributed by atoms with Gasteiger partial charge in [0.05, 0.1) is 30.9 Å². The van der Waals surface area contributed by atoms with Crippen LogP contribution < -0.4 is 9.47 Å². The molecular formula is C35H26F8N2O4. The molecule has 3 aromatic carbocycles. The average Bonchev–Trinajstić information content (AvgIpc) is 3.07. The third-order valence-electron chi connectivity index (χ3n) is 7.07. The molecular weight excluding hydrogens is 664 g/mol. The summed E-state index contributed by atoms with van der Waals surface area (Å²) in [6, 6.07) is 8.57. The molecule has 5 rings (SSSR count). The van der Waals surface area contributed by atoms with Gasteiger partial charge in [-0.25, -0.2) is 31.9 Å². The standard InChI is InChI=1S/C35H26F8N2O4/c1-3-10-46-28-14-29(49-35(41,42)43)25(36)11-22(28)8-9-30-47-17-24(18-48-30)20-4-6-21(7-5-20)32(39)33(40)31-26(37)12-23(13-27(31)38)34-44-15-19(2)16-45-34/h4-7,11-16,24,30H,3,10,17-18H2,1-2H3/b33-32+. The highest BCUT2D eigenvalue weighted by molar-refractivity contribution is 5.84. The fraction of sp³-hybridized carbons (Fsp3) is 0.257. The molecule has 0 amide bonds. The van der Waals surface area contributed by atoms with Crippen LogP contribution >= 0.6 is 0 Å². The van der Waals surface area contributed by atoms with E-state index in [2.05, 4.69) is 26.5 Å². The summed E-state index contributed by atoms with van der Waals surface area (Å²) in [4.78, 5) is 7.98. The highest BCUT2D eigenvalue weighted by atomic mass is 19.4. The predicted molar refractivity (Wildman–Crippen MR) is 162 cm³/mol.